The molecule has 0 aromatic heterocycles. The summed E-state index contributed by atoms with van der Waals surface area (Å²) < 4.78 is 5.09. The third-order valence-corrected chi connectivity index (χ3v) is 5.81. The van der Waals surface area contributed by atoms with Gasteiger partial charge in [0.1, 0.15) is 0 Å². The lowest BCUT2D eigenvalue weighted by molar-refractivity contribution is -0.133. The van der Waals surface area contributed by atoms with Gasteiger partial charge in [-0.25, -0.2) is 9.69 Å². The molecule has 2 aliphatic rings. The smallest absolute Gasteiger partial charge is 0.338 e. The van der Waals surface area contributed by atoms with Crippen LogP contribution in [0.5, 0.6) is 0 Å². The molecule has 0 spiro atoms. The standard InChI is InChI=1S/C21H16Cl2N2O5/c22-16-6-4-13(10-17(16)23)25-19(27)14-5-3-12(9-15(14)20(25)28)21(29)30-11-18(26)24-7-1-2-8-24/h3-6,9-10H,1-2,7-8,11H2. The van der Waals surface area contributed by atoms with E-state index < -0.39 is 17.8 Å². The second-order valence-corrected chi connectivity index (χ2v) is 7.78. The Bertz CT molecular complexity index is 1080. The van der Waals surface area contributed by atoms with Crippen molar-refractivity contribution >= 4 is 52.6 Å². The van der Waals surface area contributed by atoms with Gasteiger partial charge in [0.15, 0.2) is 6.61 Å². The number of carbonyl (C=O) groups is 4. The first-order chi connectivity index (χ1) is 14.4. The van der Waals surface area contributed by atoms with Crippen LogP contribution in [0, 0.1) is 0 Å². The number of ether oxygens (including phenoxy) is 1. The second kappa shape index (κ2) is 8.08. The Labute approximate surface area is 182 Å². The molecule has 0 saturated carbocycles. The molecule has 0 N–H and O–H groups in total. The van der Waals surface area contributed by atoms with Crippen molar-refractivity contribution in [1.82, 2.24) is 4.90 Å². The van der Waals surface area contributed by atoms with Crippen molar-refractivity contribution in [2.45, 2.75) is 12.8 Å². The number of rotatable bonds is 4. The van der Waals surface area contributed by atoms with E-state index in [9.17, 15) is 19.2 Å². The van der Waals surface area contributed by atoms with E-state index in [1.165, 1.54) is 36.4 Å². The zero-order chi connectivity index (χ0) is 21.4. The van der Waals surface area contributed by atoms with E-state index >= 15 is 0 Å². The van der Waals surface area contributed by atoms with Crippen molar-refractivity contribution in [3.63, 3.8) is 0 Å². The average Bonchev–Trinajstić information content (AvgIpc) is 3.36. The maximum Gasteiger partial charge on any atom is 0.338 e. The SMILES string of the molecule is O=C(OCC(=O)N1CCCC1)c1ccc2c(c1)C(=O)N(c1ccc(Cl)c(Cl)c1)C2=O. The Hall–Kier alpha value is -2.90. The Balaban J connectivity index is 1.52. The number of esters is 1. The van der Waals surface area contributed by atoms with Gasteiger partial charge in [0.25, 0.3) is 17.7 Å². The maximum atomic E-state index is 12.8. The van der Waals surface area contributed by atoms with Gasteiger partial charge >= 0.3 is 5.97 Å². The summed E-state index contributed by atoms with van der Waals surface area (Å²) in [5, 5.41) is 0.503. The molecule has 154 valence electrons. The number of nitrogens with zero attached hydrogens (tertiary/aromatic N) is 2. The third-order valence-electron chi connectivity index (χ3n) is 5.07. The number of anilines is 1. The van der Waals surface area contributed by atoms with Gasteiger partial charge in [-0.2, -0.15) is 0 Å². The zero-order valence-corrected chi connectivity index (χ0v) is 17.2. The minimum Gasteiger partial charge on any atom is -0.452 e. The number of likely N-dealkylation sites (tertiary alicyclic amines) is 1. The normalized spacial score (nSPS) is 15.5. The topological polar surface area (TPSA) is 84.0 Å². The fraction of sp³-hybridized carbons (Fsp3) is 0.238. The van der Waals surface area contributed by atoms with Crippen LogP contribution in [-0.4, -0.2) is 48.3 Å². The van der Waals surface area contributed by atoms with E-state index in [1.807, 2.05) is 0 Å². The molecule has 2 aliphatic heterocycles. The maximum absolute atomic E-state index is 12.8. The van der Waals surface area contributed by atoms with E-state index in [-0.39, 0.29) is 39.9 Å². The second-order valence-electron chi connectivity index (χ2n) is 6.97. The largest absolute Gasteiger partial charge is 0.452 e. The first-order valence-corrected chi connectivity index (χ1v) is 10.0. The predicted molar refractivity (Wildman–Crippen MR) is 110 cm³/mol. The van der Waals surface area contributed by atoms with E-state index in [0.717, 1.165) is 17.7 Å². The molecule has 0 unspecified atom stereocenters. The van der Waals surface area contributed by atoms with Crippen LogP contribution in [0.1, 0.15) is 43.9 Å². The fourth-order valence-corrected chi connectivity index (χ4v) is 3.79. The van der Waals surface area contributed by atoms with E-state index in [1.54, 1.807) is 4.90 Å². The quantitative estimate of drug-likeness (QED) is 0.529. The minimum absolute atomic E-state index is 0.0754. The van der Waals surface area contributed by atoms with E-state index in [0.29, 0.717) is 18.1 Å². The van der Waals surface area contributed by atoms with Crippen LogP contribution in [0.2, 0.25) is 10.0 Å². The average molecular weight is 447 g/mol. The van der Waals surface area contributed by atoms with Crippen LogP contribution in [0.3, 0.4) is 0 Å². The summed E-state index contributed by atoms with van der Waals surface area (Å²) in [6, 6.07) is 8.51. The highest BCUT2D eigenvalue weighted by molar-refractivity contribution is 6.42. The number of hydrogen-bond acceptors (Lipinski definition) is 5. The molecule has 0 aliphatic carbocycles. The Morgan fingerprint density at radius 3 is 2.30 bits per heavy atom. The summed E-state index contributed by atoms with van der Waals surface area (Å²) in [4.78, 5) is 52.6. The van der Waals surface area contributed by atoms with Gasteiger partial charge in [0.05, 0.1) is 32.4 Å². The Morgan fingerprint density at radius 1 is 0.900 bits per heavy atom. The number of carbonyl (C=O) groups excluding carboxylic acids is 4. The Morgan fingerprint density at radius 2 is 1.60 bits per heavy atom. The predicted octanol–water partition coefficient (Wildman–Crippen LogP) is 3.57. The zero-order valence-electron chi connectivity index (χ0n) is 15.7. The van der Waals surface area contributed by atoms with Crippen molar-refractivity contribution in [3.8, 4) is 0 Å². The van der Waals surface area contributed by atoms with Crippen LogP contribution in [-0.2, 0) is 9.53 Å². The highest BCUT2D eigenvalue weighted by Crippen LogP contribution is 2.33. The van der Waals surface area contributed by atoms with E-state index in [4.69, 9.17) is 27.9 Å². The van der Waals surface area contributed by atoms with Crippen LogP contribution in [0.4, 0.5) is 5.69 Å². The summed E-state index contributed by atoms with van der Waals surface area (Å²) in [7, 11) is 0. The van der Waals surface area contributed by atoms with Crippen molar-refractivity contribution in [3.05, 3.63) is 63.1 Å². The molecule has 1 saturated heterocycles. The van der Waals surface area contributed by atoms with Crippen molar-refractivity contribution in [1.29, 1.82) is 0 Å². The van der Waals surface area contributed by atoms with Gasteiger partial charge in [-0.3, -0.25) is 14.4 Å². The molecule has 3 amide bonds. The highest BCUT2D eigenvalue weighted by Gasteiger charge is 2.37. The molecule has 2 heterocycles. The van der Waals surface area contributed by atoms with Gasteiger partial charge in [-0.1, -0.05) is 23.2 Å². The molecule has 0 radical (unpaired) electrons. The molecule has 2 aromatic rings. The third kappa shape index (κ3) is 3.66. The molecule has 30 heavy (non-hydrogen) atoms. The van der Waals surface area contributed by atoms with Gasteiger partial charge < -0.3 is 9.64 Å². The number of fused-ring (bicyclic) bond motifs is 1. The molecule has 0 atom stereocenters. The molecule has 2 aromatic carbocycles. The van der Waals surface area contributed by atoms with Crippen LogP contribution in [0.25, 0.3) is 0 Å². The number of amides is 3. The lowest BCUT2D eigenvalue weighted by Crippen LogP contribution is -2.32. The first-order valence-electron chi connectivity index (χ1n) is 9.29. The van der Waals surface area contributed by atoms with Crippen LogP contribution >= 0.6 is 23.2 Å². The van der Waals surface area contributed by atoms with Crippen molar-refractivity contribution in [2.75, 3.05) is 24.6 Å². The molecule has 7 nitrogen and oxygen atoms in total. The summed E-state index contributed by atoms with van der Waals surface area (Å²) in [6.45, 7) is 0.963. The molecule has 0 bridgehead atoms. The van der Waals surface area contributed by atoms with Crippen LogP contribution < -0.4 is 4.90 Å². The van der Waals surface area contributed by atoms with Gasteiger partial charge in [-0.15, -0.1) is 0 Å². The summed E-state index contributed by atoms with van der Waals surface area (Å²) in [5.41, 5.74) is 0.596. The number of hydrogen-bond donors (Lipinski definition) is 0. The summed E-state index contributed by atoms with van der Waals surface area (Å²) in [5.74, 6) is -2.11. The van der Waals surface area contributed by atoms with Gasteiger partial charge in [-0.05, 0) is 49.2 Å². The Kier molecular flexibility index (Phi) is 5.49. The van der Waals surface area contributed by atoms with E-state index in [2.05, 4.69) is 0 Å². The molecule has 9 heteroatoms. The highest BCUT2D eigenvalue weighted by atomic mass is 35.5. The van der Waals surface area contributed by atoms with Crippen LogP contribution in [0.15, 0.2) is 36.4 Å². The molecular weight excluding hydrogens is 431 g/mol. The number of halogens is 2. The lowest BCUT2D eigenvalue weighted by Gasteiger charge is -2.15. The molecule has 1 fully saturated rings. The summed E-state index contributed by atoms with van der Waals surface area (Å²) >= 11 is 11.9. The lowest BCUT2D eigenvalue weighted by atomic mass is 10.1. The number of benzene rings is 2. The first kappa shape index (κ1) is 20.4. The monoisotopic (exact) mass is 446 g/mol. The van der Waals surface area contributed by atoms with Gasteiger partial charge in [0, 0.05) is 13.1 Å². The molecular formula is C21H16Cl2N2O5. The van der Waals surface area contributed by atoms with Crippen molar-refractivity contribution in [2.24, 2.45) is 0 Å². The minimum atomic E-state index is -0.737. The number of imide groups is 1. The fourth-order valence-electron chi connectivity index (χ4n) is 3.49. The summed E-state index contributed by atoms with van der Waals surface area (Å²) in [6.07, 6.45) is 1.88. The van der Waals surface area contributed by atoms with Gasteiger partial charge in [0.2, 0.25) is 0 Å². The van der Waals surface area contributed by atoms with Crippen molar-refractivity contribution < 1.29 is 23.9 Å². The molecule has 4 rings (SSSR count).